The minimum atomic E-state index is 0.377. The number of fused-ring (bicyclic) bond motifs is 3. The van der Waals surface area contributed by atoms with Crippen molar-refractivity contribution >= 4 is 16.7 Å². The van der Waals surface area contributed by atoms with Gasteiger partial charge in [0.15, 0.2) is 5.82 Å². The summed E-state index contributed by atoms with van der Waals surface area (Å²) >= 11 is 0. The van der Waals surface area contributed by atoms with Crippen LogP contribution < -0.4 is 4.90 Å². The lowest BCUT2D eigenvalue weighted by molar-refractivity contribution is 0.136. The van der Waals surface area contributed by atoms with Crippen LogP contribution >= 0.6 is 0 Å². The van der Waals surface area contributed by atoms with Gasteiger partial charge in [-0.1, -0.05) is 62.7 Å². The van der Waals surface area contributed by atoms with Gasteiger partial charge in [-0.15, -0.1) is 0 Å². The molecule has 2 atom stereocenters. The number of aromatic nitrogens is 2. The molecule has 2 aliphatic rings. The van der Waals surface area contributed by atoms with Gasteiger partial charge in [0.05, 0.1) is 5.52 Å². The zero-order valence-corrected chi connectivity index (χ0v) is 17.4. The SMILES string of the molecule is Cc1ccc(-c2nc(N3CC4(C)CC3CC(C)(C)C4)c3ccccc3n2)cc1. The van der Waals surface area contributed by atoms with E-state index in [2.05, 4.69) is 81.1 Å². The van der Waals surface area contributed by atoms with E-state index in [9.17, 15) is 0 Å². The quantitative estimate of drug-likeness (QED) is 0.552. The van der Waals surface area contributed by atoms with Crippen molar-refractivity contribution in [3.8, 4) is 11.4 Å². The van der Waals surface area contributed by atoms with E-state index in [0.717, 1.165) is 29.3 Å². The number of anilines is 1. The van der Waals surface area contributed by atoms with Gasteiger partial charge in [-0.05, 0) is 49.1 Å². The van der Waals surface area contributed by atoms with Crippen molar-refractivity contribution in [2.45, 2.75) is 53.0 Å². The maximum Gasteiger partial charge on any atom is 0.162 e. The number of benzene rings is 2. The molecule has 1 saturated heterocycles. The van der Waals surface area contributed by atoms with Crippen LogP contribution in [-0.2, 0) is 0 Å². The van der Waals surface area contributed by atoms with E-state index in [1.807, 2.05) is 0 Å². The van der Waals surface area contributed by atoms with E-state index in [1.54, 1.807) is 0 Å². The lowest BCUT2D eigenvalue weighted by Crippen LogP contribution is -2.35. The van der Waals surface area contributed by atoms with Crippen molar-refractivity contribution in [1.82, 2.24) is 9.97 Å². The number of nitrogens with zero attached hydrogens (tertiary/aromatic N) is 3. The molecule has 28 heavy (non-hydrogen) atoms. The maximum atomic E-state index is 5.14. The Morgan fingerprint density at radius 1 is 0.929 bits per heavy atom. The van der Waals surface area contributed by atoms with Crippen LogP contribution in [0, 0.1) is 17.8 Å². The molecule has 144 valence electrons. The van der Waals surface area contributed by atoms with Crippen molar-refractivity contribution in [2.75, 3.05) is 11.4 Å². The maximum absolute atomic E-state index is 5.14. The summed E-state index contributed by atoms with van der Waals surface area (Å²) in [6.07, 6.45) is 3.80. The Bertz CT molecular complexity index is 1040. The Morgan fingerprint density at radius 3 is 2.46 bits per heavy atom. The highest BCUT2D eigenvalue weighted by atomic mass is 15.3. The number of aryl methyl sites for hydroxylation is 1. The van der Waals surface area contributed by atoms with Crippen LogP contribution in [0.4, 0.5) is 5.82 Å². The summed E-state index contributed by atoms with van der Waals surface area (Å²) in [6, 6.07) is 17.6. The lowest BCUT2D eigenvalue weighted by atomic mass is 9.65. The second kappa shape index (κ2) is 6.04. The molecule has 1 aliphatic heterocycles. The van der Waals surface area contributed by atoms with Crippen molar-refractivity contribution in [3.63, 3.8) is 0 Å². The van der Waals surface area contributed by atoms with Gasteiger partial charge in [0.1, 0.15) is 5.82 Å². The molecule has 1 saturated carbocycles. The number of hydrogen-bond donors (Lipinski definition) is 0. The zero-order valence-electron chi connectivity index (χ0n) is 17.4. The van der Waals surface area contributed by atoms with Crippen LogP contribution in [0.25, 0.3) is 22.3 Å². The van der Waals surface area contributed by atoms with Gasteiger partial charge >= 0.3 is 0 Å². The predicted molar refractivity (Wildman–Crippen MR) is 117 cm³/mol. The summed E-state index contributed by atoms with van der Waals surface area (Å²) < 4.78 is 0. The summed E-state index contributed by atoms with van der Waals surface area (Å²) in [5, 5.41) is 1.17. The molecule has 3 aromatic rings. The smallest absolute Gasteiger partial charge is 0.162 e. The molecule has 0 spiro atoms. The first-order valence-corrected chi connectivity index (χ1v) is 10.4. The monoisotopic (exact) mass is 371 g/mol. The Morgan fingerprint density at radius 2 is 1.68 bits per heavy atom. The minimum Gasteiger partial charge on any atom is -0.352 e. The zero-order chi connectivity index (χ0) is 19.5. The summed E-state index contributed by atoms with van der Waals surface area (Å²) in [5.41, 5.74) is 4.16. The fraction of sp³-hybridized carbons (Fsp3) is 0.440. The number of hydrogen-bond acceptors (Lipinski definition) is 3. The Kier molecular flexibility index (Phi) is 3.81. The van der Waals surface area contributed by atoms with Gasteiger partial charge in [0, 0.05) is 23.5 Å². The van der Waals surface area contributed by atoms with Crippen LogP contribution in [0.1, 0.15) is 45.6 Å². The van der Waals surface area contributed by atoms with Crippen molar-refractivity contribution in [2.24, 2.45) is 10.8 Å². The Balaban J connectivity index is 1.66. The predicted octanol–water partition coefficient (Wildman–Crippen LogP) is 6.01. The molecule has 0 radical (unpaired) electrons. The fourth-order valence-corrected chi connectivity index (χ4v) is 5.82. The molecule has 2 aromatic carbocycles. The minimum absolute atomic E-state index is 0.377. The molecule has 2 fully saturated rings. The number of para-hydroxylation sites is 1. The van der Waals surface area contributed by atoms with Gasteiger partial charge < -0.3 is 4.90 Å². The van der Waals surface area contributed by atoms with E-state index in [4.69, 9.17) is 9.97 Å². The third-order valence-electron chi connectivity index (χ3n) is 6.58. The van der Waals surface area contributed by atoms with Crippen LogP contribution in [0.2, 0.25) is 0 Å². The first-order valence-electron chi connectivity index (χ1n) is 10.4. The van der Waals surface area contributed by atoms with Crippen LogP contribution in [0.15, 0.2) is 48.5 Å². The van der Waals surface area contributed by atoms with Crippen molar-refractivity contribution in [1.29, 1.82) is 0 Å². The van der Waals surface area contributed by atoms with E-state index >= 15 is 0 Å². The molecule has 2 bridgehead atoms. The van der Waals surface area contributed by atoms with E-state index in [-0.39, 0.29) is 0 Å². The summed E-state index contributed by atoms with van der Waals surface area (Å²) in [7, 11) is 0. The average molecular weight is 372 g/mol. The Hall–Kier alpha value is -2.42. The molecule has 2 unspecified atom stereocenters. The van der Waals surface area contributed by atoms with Gasteiger partial charge in [0.2, 0.25) is 0 Å². The molecule has 3 heteroatoms. The van der Waals surface area contributed by atoms with Crippen LogP contribution in [0.3, 0.4) is 0 Å². The second-order valence-electron chi connectivity index (χ2n) is 10.1. The molecule has 3 nitrogen and oxygen atoms in total. The van der Waals surface area contributed by atoms with Crippen molar-refractivity contribution in [3.05, 3.63) is 54.1 Å². The van der Waals surface area contributed by atoms with E-state index in [1.165, 1.54) is 30.2 Å². The summed E-state index contributed by atoms with van der Waals surface area (Å²) in [4.78, 5) is 12.6. The largest absolute Gasteiger partial charge is 0.352 e. The summed E-state index contributed by atoms with van der Waals surface area (Å²) in [5.74, 6) is 1.95. The fourth-order valence-electron chi connectivity index (χ4n) is 5.82. The summed E-state index contributed by atoms with van der Waals surface area (Å²) in [6.45, 7) is 10.5. The second-order valence-corrected chi connectivity index (χ2v) is 10.1. The molecule has 1 aliphatic carbocycles. The topological polar surface area (TPSA) is 29.0 Å². The lowest BCUT2D eigenvalue weighted by Gasteiger charge is -2.39. The highest BCUT2D eigenvalue weighted by Gasteiger charge is 2.50. The van der Waals surface area contributed by atoms with Crippen LogP contribution in [-0.4, -0.2) is 22.6 Å². The van der Waals surface area contributed by atoms with Crippen molar-refractivity contribution < 1.29 is 0 Å². The standard InChI is InChI=1S/C25H29N3/c1-17-9-11-18(12-10-17)22-26-21-8-6-5-7-20(21)23(27-22)28-16-25(4)14-19(28)13-24(2,3)15-25/h5-12,19H,13-16H2,1-4H3. The van der Waals surface area contributed by atoms with Gasteiger partial charge in [-0.3, -0.25) is 0 Å². The molecule has 0 amide bonds. The van der Waals surface area contributed by atoms with Gasteiger partial charge in [-0.25, -0.2) is 9.97 Å². The van der Waals surface area contributed by atoms with Crippen LogP contribution in [0.5, 0.6) is 0 Å². The van der Waals surface area contributed by atoms with E-state index < -0.39 is 0 Å². The third-order valence-corrected chi connectivity index (χ3v) is 6.58. The average Bonchev–Trinajstić information content (AvgIpc) is 2.90. The highest BCUT2D eigenvalue weighted by molar-refractivity contribution is 5.91. The normalized spacial score (nSPS) is 26.0. The molecular weight excluding hydrogens is 342 g/mol. The Labute approximate surface area is 167 Å². The molecule has 0 N–H and O–H groups in total. The number of rotatable bonds is 2. The molecular formula is C25H29N3. The van der Waals surface area contributed by atoms with Gasteiger partial charge in [0.25, 0.3) is 0 Å². The first-order chi connectivity index (χ1) is 13.3. The molecule has 2 heterocycles. The highest BCUT2D eigenvalue weighted by Crippen LogP contribution is 2.53. The molecule has 1 aromatic heterocycles. The van der Waals surface area contributed by atoms with E-state index in [0.29, 0.717) is 16.9 Å². The first kappa shape index (κ1) is 17.7. The third kappa shape index (κ3) is 2.97. The molecule has 5 rings (SSSR count). The van der Waals surface area contributed by atoms with Gasteiger partial charge in [-0.2, -0.15) is 0 Å².